The lowest BCUT2D eigenvalue weighted by Gasteiger charge is -2.22. The molecule has 22 heteroatoms. The van der Waals surface area contributed by atoms with Crippen LogP contribution in [-0.2, 0) is 40.6 Å². The number of aromatic nitrogens is 4. The number of carbonyl (C=O) groups is 3. The summed E-state index contributed by atoms with van der Waals surface area (Å²) >= 11 is 28.3. The van der Waals surface area contributed by atoms with E-state index >= 15 is 0 Å². The number of hydrogen-bond acceptors (Lipinski definition) is 12. The number of halogens is 4. The fraction of sp³-hybridized carbons (Fsp3) is 0.137. The Morgan fingerprint density at radius 1 is 0.389 bits per heavy atom. The van der Waals surface area contributed by atoms with Gasteiger partial charge in [-0.25, -0.2) is 29.6 Å². The van der Waals surface area contributed by atoms with Crippen LogP contribution in [0.4, 0.5) is 22.7 Å². The molecule has 10 aromatic carbocycles. The van der Waals surface area contributed by atoms with Gasteiger partial charge in [0.25, 0.3) is 0 Å². The van der Waals surface area contributed by atoms with Crippen molar-refractivity contribution in [3.05, 3.63) is 187 Å². The number of aliphatic carboxylic acids is 2. The molecule has 0 bridgehead atoms. The number of benzene rings is 10. The quantitative estimate of drug-likeness (QED) is 0.106. The first-order valence-electron chi connectivity index (χ1n) is 30.5. The summed E-state index contributed by atoms with van der Waals surface area (Å²) in [6, 6.07) is 49.6. The Morgan fingerprint density at radius 3 is 0.789 bits per heavy atom. The van der Waals surface area contributed by atoms with E-state index in [-0.39, 0.29) is 6.29 Å². The lowest BCUT2D eigenvalue weighted by atomic mass is 10.1. The minimum Gasteiger partial charge on any atom is -0.479 e. The minimum atomic E-state index is -1.43. The van der Waals surface area contributed by atoms with Crippen LogP contribution >= 0.6 is 46.4 Å². The smallest absolute Gasteiger partial charge is 0.368 e. The van der Waals surface area contributed by atoms with Crippen LogP contribution < -0.4 is 40.4 Å². The molecule has 0 aliphatic carbocycles. The molecule has 0 spiro atoms. The molecule has 0 saturated heterocycles. The number of carbonyl (C=O) groups excluding carboxylic acids is 1. The third-order valence-electron chi connectivity index (χ3n) is 17.4. The average molecular weight is 1340 g/mol. The highest BCUT2D eigenvalue weighted by molar-refractivity contribution is 6.36. The molecule has 0 fully saturated rings. The maximum Gasteiger partial charge on any atom is 0.368 e. The standard InChI is InChI=1S/2C34H22Cl2N4O2.C3H6O3.C2H2O3/c2*1-3-39-21-11-7-5-9-17(21)25-23(39)15-13-19-31(25)41-33-27(35)30-34(28(36)29(33)37-19)42-32-20(38-30)14-16-24-26(32)18-10-6-8-12-22(18)40(24)4-2;1-2(4)3(5)6;3-1-2(4)5/h2*5-16H,3-4H2,1-2H3;2,4H,1H3,(H,5,6);1H,(H,4,5). The molecule has 8 heterocycles. The molecule has 14 aromatic rings. The first-order valence-corrected chi connectivity index (χ1v) is 32.0. The van der Waals surface area contributed by atoms with E-state index in [1.165, 1.54) is 6.92 Å². The number of hydrogen-bond donors (Lipinski definition) is 3. The summed E-state index contributed by atoms with van der Waals surface area (Å²) in [5, 5.41) is 34.5. The van der Waals surface area contributed by atoms with E-state index in [0.29, 0.717) is 110 Å². The molecule has 18 nitrogen and oxygen atoms in total. The fourth-order valence-electron chi connectivity index (χ4n) is 13.4. The first-order chi connectivity index (χ1) is 46.1. The molecular weight excluding hydrogens is 1290 g/mol. The Kier molecular flexibility index (Phi) is 15.0. The van der Waals surface area contributed by atoms with Gasteiger partial charge in [0.05, 0.1) is 43.6 Å². The van der Waals surface area contributed by atoms with Crippen LogP contribution in [0.25, 0.3) is 87.2 Å². The normalized spacial score (nSPS) is 12.9. The van der Waals surface area contributed by atoms with E-state index in [0.717, 1.165) is 113 Å². The van der Waals surface area contributed by atoms with Crippen molar-refractivity contribution < 1.29 is 48.7 Å². The molecule has 18 rings (SSSR count). The lowest BCUT2D eigenvalue weighted by Crippen LogP contribution is -2.22. The summed E-state index contributed by atoms with van der Waals surface area (Å²) in [6.45, 7) is 13.1. The van der Waals surface area contributed by atoms with Gasteiger partial charge in [-0.3, -0.25) is 4.79 Å². The minimum absolute atomic E-state index is 0.167. The van der Waals surface area contributed by atoms with Crippen LogP contribution in [0.1, 0.15) is 34.6 Å². The maximum absolute atomic E-state index is 9.45. The van der Waals surface area contributed by atoms with Gasteiger partial charge in [0.1, 0.15) is 70.4 Å². The molecular formula is C73H52Cl4N8O10. The van der Waals surface area contributed by atoms with Crippen molar-refractivity contribution in [1.29, 1.82) is 0 Å². The summed E-state index contributed by atoms with van der Waals surface area (Å²) in [6.07, 6.45) is -1.40. The van der Waals surface area contributed by atoms with Gasteiger partial charge < -0.3 is 52.5 Å². The van der Waals surface area contributed by atoms with Crippen LogP contribution in [0.15, 0.2) is 166 Å². The van der Waals surface area contributed by atoms with Crippen molar-refractivity contribution in [3.63, 3.8) is 0 Å². The molecule has 3 N–H and O–H groups in total. The Balaban J connectivity index is 0.000000135. The van der Waals surface area contributed by atoms with Crippen LogP contribution in [0.3, 0.4) is 0 Å². The number of carboxylic acids is 2. The summed E-state index contributed by atoms with van der Waals surface area (Å²) in [5.41, 5.74) is 11.6. The molecule has 472 valence electrons. The Labute approximate surface area is 558 Å². The molecule has 4 aromatic heterocycles. The summed E-state index contributed by atoms with van der Waals surface area (Å²) in [5.74, 6) is 1.56. The zero-order valence-electron chi connectivity index (χ0n) is 51.1. The highest BCUT2D eigenvalue weighted by atomic mass is 35.5. The van der Waals surface area contributed by atoms with Crippen molar-refractivity contribution in [3.8, 4) is 46.0 Å². The van der Waals surface area contributed by atoms with Gasteiger partial charge in [-0.15, -0.1) is 0 Å². The van der Waals surface area contributed by atoms with Gasteiger partial charge >= 0.3 is 11.9 Å². The molecule has 4 aliphatic heterocycles. The maximum atomic E-state index is 9.45. The van der Waals surface area contributed by atoms with Crippen LogP contribution in [0, 0.1) is 0 Å². The van der Waals surface area contributed by atoms with Crippen molar-refractivity contribution in [1.82, 2.24) is 18.3 Å². The molecule has 4 aliphatic rings. The zero-order chi connectivity index (χ0) is 66.0. The third-order valence-corrected chi connectivity index (χ3v) is 18.8. The predicted octanol–water partition coefficient (Wildman–Crippen LogP) is 17.4. The number of para-hydroxylation sites is 4. The van der Waals surface area contributed by atoms with Gasteiger partial charge in [0.15, 0.2) is 46.0 Å². The van der Waals surface area contributed by atoms with E-state index in [2.05, 4.69) is 143 Å². The summed E-state index contributed by atoms with van der Waals surface area (Å²) in [7, 11) is 0. The molecule has 0 amide bonds. The number of rotatable bonds is 6. The van der Waals surface area contributed by atoms with Gasteiger partial charge in [0.2, 0.25) is 6.29 Å². The third kappa shape index (κ3) is 9.36. The van der Waals surface area contributed by atoms with Gasteiger partial charge in [0, 0.05) is 69.8 Å². The van der Waals surface area contributed by atoms with Crippen LogP contribution in [-0.4, -0.2) is 57.9 Å². The monoisotopic (exact) mass is 1340 g/mol. The molecule has 95 heavy (non-hydrogen) atoms. The molecule has 0 saturated carbocycles. The van der Waals surface area contributed by atoms with E-state index in [1.807, 2.05) is 48.5 Å². The van der Waals surface area contributed by atoms with Crippen molar-refractivity contribution in [2.75, 3.05) is 0 Å². The number of carboxylic acid groups (broad SMARTS) is 2. The average Bonchev–Trinajstić information content (AvgIpc) is 1.31. The second-order valence-electron chi connectivity index (χ2n) is 22.6. The van der Waals surface area contributed by atoms with Gasteiger partial charge in [-0.1, -0.05) is 119 Å². The number of aryl methyl sites for hydroxylation is 4. The second-order valence-corrected chi connectivity index (χ2v) is 24.1. The van der Waals surface area contributed by atoms with E-state index in [4.69, 9.17) is 110 Å². The number of aliphatic hydroxyl groups excluding tert-OH is 1. The zero-order valence-corrected chi connectivity index (χ0v) is 54.2. The first kappa shape index (κ1) is 60.8. The van der Waals surface area contributed by atoms with Crippen molar-refractivity contribution in [2.24, 2.45) is 20.0 Å². The van der Waals surface area contributed by atoms with E-state index < -0.39 is 18.0 Å². The Hall–Kier alpha value is -10.5. The van der Waals surface area contributed by atoms with E-state index in [9.17, 15) is 4.79 Å². The number of ether oxygens (including phenoxy) is 4. The SMILES string of the molecule is CC(O)C(=O)O.CCn1c2ccccc2c2c3c(ccc21)N=c1c(Cl)c2c(c(Cl)c1O3)=Nc1ccc3c(c1O2)c1ccccc1n3CC.CCn1c2ccccc2c2c3c(ccc21)N=c1c(Cl)c2c(c(Cl)c1O3)=Nc1ccc3c(c1O2)c1ccccc1n3CC.O=CC(=O)O. The molecule has 0 radical (unpaired) electrons. The van der Waals surface area contributed by atoms with Gasteiger partial charge in [-0.05, 0) is 107 Å². The highest BCUT2D eigenvalue weighted by Gasteiger charge is 2.33. The Bertz CT molecular complexity index is 5320. The topological polar surface area (TPSA) is 218 Å². The van der Waals surface area contributed by atoms with Crippen LogP contribution in [0.2, 0.25) is 20.1 Å². The summed E-state index contributed by atoms with van der Waals surface area (Å²) < 4.78 is 35.6. The number of aldehydes is 1. The number of aliphatic hydroxyl groups is 1. The predicted molar refractivity (Wildman–Crippen MR) is 370 cm³/mol. The highest BCUT2D eigenvalue weighted by Crippen LogP contribution is 2.53. The number of nitrogens with zero attached hydrogens (tertiary/aromatic N) is 8. The van der Waals surface area contributed by atoms with Crippen molar-refractivity contribution >= 4 is 175 Å². The van der Waals surface area contributed by atoms with E-state index in [1.54, 1.807) is 0 Å². The van der Waals surface area contributed by atoms with Crippen molar-refractivity contribution in [2.45, 2.75) is 66.9 Å². The number of fused-ring (bicyclic) bond motifs is 24. The summed E-state index contributed by atoms with van der Waals surface area (Å²) in [4.78, 5) is 47.3. The molecule has 1 atom stereocenters. The largest absolute Gasteiger partial charge is 0.479 e. The second kappa shape index (κ2) is 23.5. The molecule has 1 unspecified atom stereocenters. The van der Waals surface area contributed by atoms with Gasteiger partial charge in [-0.2, -0.15) is 0 Å². The lowest BCUT2D eigenvalue weighted by molar-refractivity contribution is -0.145. The van der Waals surface area contributed by atoms with Crippen LogP contribution in [0.5, 0.6) is 46.0 Å². The Morgan fingerprint density at radius 2 is 0.600 bits per heavy atom. The fourth-order valence-corrected chi connectivity index (χ4v) is 14.4.